The van der Waals surface area contributed by atoms with Crippen LogP contribution in [0.3, 0.4) is 0 Å². The smallest absolute Gasteiger partial charge is 0.116 e. The molecule has 20 heavy (non-hydrogen) atoms. The first kappa shape index (κ1) is 13.1. The van der Waals surface area contributed by atoms with Crippen LogP contribution in [0.25, 0.3) is 10.9 Å². The van der Waals surface area contributed by atoms with Crippen molar-refractivity contribution in [3.05, 3.63) is 54.2 Å². The highest BCUT2D eigenvalue weighted by Gasteiger charge is 2.09. The van der Waals surface area contributed by atoms with Crippen molar-refractivity contribution in [2.45, 2.75) is 24.1 Å². The number of nitrogens with zero attached hydrogens (tertiary/aromatic N) is 2. The average molecular weight is 284 g/mol. The number of aromatic nitrogens is 2. The number of aryl methyl sites for hydroxylation is 1. The molecular weight excluding hydrogens is 268 g/mol. The van der Waals surface area contributed by atoms with Gasteiger partial charge in [0.15, 0.2) is 0 Å². The normalized spacial score (nSPS) is 11.1. The molecule has 0 atom stereocenters. The largest absolute Gasteiger partial charge is 0.508 e. The number of para-hydroxylation sites is 1. The number of phenols is 1. The Hall–Kier alpha value is -1.94. The molecule has 0 bridgehead atoms. The lowest BCUT2D eigenvalue weighted by molar-refractivity contribution is 0.474. The first-order valence-corrected chi connectivity index (χ1v) is 7.62. The zero-order chi connectivity index (χ0) is 13.9. The summed E-state index contributed by atoms with van der Waals surface area (Å²) in [6, 6.07) is 15.6. The number of aromatic hydroxyl groups is 1. The quantitative estimate of drug-likeness (QED) is 0.734. The molecule has 3 aromatic rings. The Labute approximate surface area is 122 Å². The van der Waals surface area contributed by atoms with E-state index < -0.39 is 0 Å². The second kappa shape index (κ2) is 5.59. The maximum absolute atomic E-state index is 9.49. The van der Waals surface area contributed by atoms with Crippen LogP contribution in [-0.4, -0.2) is 14.9 Å². The summed E-state index contributed by atoms with van der Waals surface area (Å²) in [6.45, 7) is 2.98. The van der Waals surface area contributed by atoms with Crippen LogP contribution in [0.15, 0.2) is 53.4 Å². The molecule has 0 aliphatic rings. The van der Waals surface area contributed by atoms with Gasteiger partial charge in [-0.2, -0.15) is 5.10 Å². The van der Waals surface area contributed by atoms with Crippen LogP contribution in [0, 0.1) is 0 Å². The molecule has 0 saturated heterocycles. The van der Waals surface area contributed by atoms with E-state index in [-0.39, 0.29) is 0 Å². The van der Waals surface area contributed by atoms with E-state index in [2.05, 4.69) is 24.2 Å². The average Bonchev–Trinajstić information content (AvgIpc) is 2.83. The van der Waals surface area contributed by atoms with Gasteiger partial charge in [-0.1, -0.05) is 24.3 Å². The van der Waals surface area contributed by atoms with Gasteiger partial charge in [-0.15, -0.1) is 11.8 Å². The monoisotopic (exact) mass is 284 g/mol. The van der Waals surface area contributed by atoms with Gasteiger partial charge in [0.05, 0.1) is 11.2 Å². The molecule has 3 nitrogen and oxygen atoms in total. The van der Waals surface area contributed by atoms with Gasteiger partial charge in [0, 0.05) is 22.6 Å². The van der Waals surface area contributed by atoms with E-state index in [0.29, 0.717) is 5.75 Å². The topological polar surface area (TPSA) is 38.0 Å². The highest BCUT2D eigenvalue weighted by Crippen LogP contribution is 2.28. The van der Waals surface area contributed by atoms with Gasteiger partial charge in [-0.3, -0.25) is 4.68 Å². The Morgan fingerprint density at radius 1 is 1.15 bits per heavy atom. The molecule has 0 radical (unpaired) electrons. The summed E-state index contributed by atoms with van der Waals surface area (Å²) < 4.78 is 2.04. The van der Waals surface area contributed by atoms with Crippen molar-refractivity contribution in [3.8, 4) is 5.75 Å². The molecule has 2 aromatic carbocycles. The molecule has 0 unspecified atom stereocenters. The van der Waals surface area contributed by atoms with Crippen LogP contribution >= 0.6 is 11.8 Å². The van der Waals surface area contributed by atoms with E-state index >= 15 is 0 Å². The lowest BCUT2D eigenvalue weighted by atomic mass is 10.2. The summed E-state index contributed by atoms with van der Waals surface area (Å²) in [6.07, 6.45) is 0. The highest BCUT2D eigenvalue weighted by molar-refractivity contribution is 7.98. The summed E-state index contributed by atoms with van der Waals surface area (Å²) >= 11 is 1.69. The Balaban J connectivity index is 1.88. The lowest BCUT2D eigenvalue weighted by Gasteiger charge is -2.00. The molecule has 1 N–H and O–H groups in total. The Morgan fingerprint density at radius 3 is 2.80 bits per heavy atom. The molecule has 3 rings (SSSR count). The first-order valence-electron chi connectivity index (χ1n) is 6.64. The zero-order valence-corrected chi connectivity index (χ0v) is 12.1. The van der Waals surface area contributed by atoms with Gasteiger partial charge in [0.25, 0.3) is 0 Å². The standard InChI is InChI=1S/C16H16N2OS/c1-2-18-16-9-4-3-8-14(16)15(17-18)11-20-13-7-5-6-12(19)10-13/h3-10,19H,2,11H2,1H3. The van der Waals surface area contributed by atoms with E-state index in [4.69, 9.17) is 0 Å². The molecule has 0 spiro atoms. The van der Waals surface area contributed by atoms with Crippen LogP contribution in [-0.2, 0) is 12.3 Å². The van der Waals surface area contributed by atoms with Gasteiger partial charge >= 0.3 is 0 Å². The summed E-state index contributed by atoms with van der Waals surface area (Å²) in [5.74, 6) is 1.11. The SMILES string of the molecule is CCn1nc(CSc2cccc(O)c2)c2ccccc21. The third kappa shape index (κ3) is 2.51. The van der Waals surface area contributed by atoms with E-state index in [1.807, 2.05) is 28.9 Å². The number of fused-ring (bicyclic) bond motifs is 1. The predicted octanol–water partition coefficient (Wildman–Crippen LogP) is 4.05. The summed E-state index contributed by atoms with van der Waals surface area (Å²) in [5, 5.41) is 15.4. The van der Waals surface area contributed by atoms with Crippen molar-refractivity contribution < 1.29 is 5.11 Å². The molecule has 0 amide bonds. The van der Waals surface area contributed by atoms with Crippen molar-refractivity contribution in [2.75, 3.05) is 0 Å². The fourth-order valence-corrected chi connectivity index (χ4v) is 3.16. The second-order valence-electron chi connectivity index (χ2n) is 4.57. The third-order valence-corrected chi connectivity index (χ3v) is 4.23. The van der Waals surface area contributed by atoms with E-state index in [9.17, 15) is 5.11 Å². The van der Waals surface area contributed by atoms with Crippen molar-refractivity contribution in [1.29, 1.82) is 0 Å². The molecule has 0 fully saturated rings. The van der Waals surface area contributed by atoms with Crippen molar-refractivity contribution >= 4 is 22.7 Å². The second-order valence-corrected chi connectivity index (χ2v) is 5.61. The van der Waals surface area contributed by atoms with Gasteiger partial charge in [0.2, 0.25) is 0 Å². The van der Waals surface area contributed by atoms with Crippen LogP contribution in [0.1, 0.15) is 12.6 Å². The van der Waals surface area contributed by atoms with Crippen molar-refractivity contribution in [1.82, 2.24) is 9.78 Å². The number of hydrogen-bond donors (Lipinski definition) is 1. The molecule has 4 heteroatoms. The van der Waals surface area contributed by atoms with Crippen LogP contribution in [0.2, 0.25) is 0 Å². The predicted molar refractivity (Wildman–Crippen MR) is 83.1 cm³/mol. The number of benzene rings is 2. The van der Waals surface area contributed by atoms with Gasteiger partial charge in [-0.05, 0) is 31.2 Å². The van der Waals surface area contributed by atoms with Crippen LogP contribution < -0.4 is 0 Å². The Kier molecular flexibility index (Phi) is 3.65. The molecule has 0 saturated carbocycles. The minimum atomic E-state index is 0.305. The molecule has 1 heterocycles. The maximum Gasteiger partial charge on any atom is 0.116 e. The van der Waals surface area contributed by atoms with Crippen molar-refractivity contribution in [2.24, 2.45) is 0 Å². The van der Waals surface area contributed by atoms with Crippen LogP contribution in [0.4, 0.5) is 0 Å². The number of phenolic OH excluding ortho intramolecular Hbond substituents is 1. The van der Waals surface area contributed by atoms with Gasteiger partial charge < -0.3 is 5.11 Å². The molecule has 0 aliphatic carbocycles. The zero-order valence-electron chi connectivity index (χ0n) is 11.3. The fraction of sp³-hybridized carbons (Fsp3) is 0.188. The van der Waals surface area contributed by atoms with E-state index in [1.54, 1.807) is 23.9 Å². The summed E-state index contributed by atoms with van der Waals surface area (Å²) in [4.78, 5) is 1.06. The minimum Gasteiger partial charge on any atom is -0.508 e. The third-order valence-electron chi connectivity index (χ3n) is 3.23. The van der Waals surface area contributed by atoms with Crippen molar-refractivity contribution in [3.63, 3.8) is 0 Å². The molecule has 102 valence electrons. The molecule has 0 aliphatic heterocycles. The molecular formula is C16H16N2OS. The van der Waals surface area contributed by atoms with E-state index in [0.717, 1.165) is 22.9 Å². The summed E-state index contributed by atoms with van der Waals surface area (Å²) in [7, 11) is 0. The maximum atomic E-state index is 9.49. The first-order chi connectivity index (χ1) is 9.78. The Bertz CT molecular complexity index is 736. The van der Waals surface area contributed by atoms with Gasteiger partial charge in [0.1, 0.15) is 5.75 Å². The highest BCUT2D eigenvalue weighted by atomic mass is 32.2. The van der Waals surface area contributed by atoms with E-state index in [1.165, 1.54) is 10.9 Å². The van der Waals surface area contributed by atoms with Gasteiger partial charge in [-0.25, -0.2) is 0 Å². The van der Waals surface area contributed by atoms with Crippen LogP contribution in [0.5, 0.6) is 5.75 Å². The number of hydrogen-bond acceptors (Lipinski definition) is 3. The summed E-state index contributed by atoms with van der Waals surface area (Å²) in [5.41, 5.74) is 2.28. The Morgan fingerprint density at radius 2 is 2.00 bits per heavy atom. The number of rotatable bonds is 4. The molecule has 1 aromatic heterocycles. The number of thioether (sulfide) groups is 1. The minimum absolute atomic E-state index is 0.305. The lowest BCUT2D eigenvalue weighted by Crippen LogP contribution is -1.96. The fourth-order valence-electron chi connectivity index (χ4n) is 2.27.